The molecule has 0 saturated carbocycles. The third-order valence-corrected chi connectivity index (χ3v) is 5.18. The summed E-state index contributed by atoms with van der Waals surface area (Å²) in [6.45, 7) is 2.09. The molecule has 4 rings (SSSR count). The molecular weight excluding hydrogens is 449 g/mol. The summed E-state index contributed by atoms with van der Waals surface area (Å²) < 4.78 is 21.1. The van der Waals surface area contributed by atoms with Crippen LogP contribution in [0.2, 0.25) is 0 Å². The molecule has 0 aliphatic rings. The average Bonchev–Trinajstić information content (AvgIpc) is 3.22. The minimum absolute atomic E-state index is 0.228. The molecule has 0 spiro atoms. The topological polar surface area (TPSA) is 60.4 Å². The largest absolute Gasteiger partial charge is 0.455 e. The van der Waals surface area contributed by atoms with Gasteiger partial charge in [-0.2, -0.15) is 9.78 Å². The zero-order valence-electron chi connectivity index (χ0n) is 16.3. The van der Waals surface area contributed by atoms with E-state index in [4.69, 9.17) is 4.42 Å². The van der Waals surface area contributed by atoms with Gasteiger partial charge in [-0.05, 0) is 61.0 Å². The van der Waals surface area contributed by atoms with Crippen molar-refractivity contribution in [1.82, 2.24) is 9.66 Å². The van der Waals surface area contributed by atoms with Crippen LogP contribution in [0.4, 0.5) is 4.39 Å². The molecule has 2 aromatic carbocycles. The zero-order valence-corrected chi connectivity index (χ0v) is 17.9. The van der Waals surface area contributed by atoms with E-state index in [1.165, 1.54) is 23.0 Å². The standard InChI is InChI=1S/C23H19BrFN3O2/c1-2-3-4-22-27-20-11-7-16(24)13-19(20)23(29)28(22)26-14-18-10-12-21(30-18)15-5-8-17(25)9-6-15/h5-14H,2-4H2,1H3. The van der Waals surface area contributed by atoms with Crippen molar-refractivity contribution in [1.29, 1.82) is 0 Å². The summed E-state index contributed by atoms with van der Waals surface area (Å²) in [4.78, 5) is 17.7. The Morgan fingerprint density at radius 1 is 1.17 bits per heavy atom. The van der Waals surface area contributed by atoms with Crippen LogP contribution in [0.15, 0.2) is 73.4 Å². The minimum atomic E-state index is -0.304. The van der Waals surface area contributed by atoms with Gasteiger partial charge in [-0.15, -0.1) is 0 Å². The maximum atomic E-state index is 13.1. The summed E-state index contributed by atoms with van der Waals surface area (Å²) in [5, 5.41) is 4.87. The molecule has 0 fully saturated rings. The Kier molecular flexibility index (Phi) is 5.90. The fourth-order valence-electron chi connectivity index (χ4n) is 3.12. The van der Waals surface area contributed by atoms with E-state index in [-0.39, 0.29) is 11.4 Å². The smallest absolute Gasteiger partial charge is 0.282 e. The number of halogens is 2. The van der Waals surface area contributed by atoms with Crippen molar-refractivity contribution in [3.8, 4) is 11.3 Å². The molecular formula is C23H19BrFN3O2. The van der Waals surface area contributed by atoms with Crippen molar-refractivity contribution in [3.05, 3.63) is 86.8 Å². The molecule has 0 unspecified atom stereocenters. The second kappa shape index (κ2) is 8.75. The number of unbranched alkanes of at least 4 members (excludes halogenated alkanes) is 1. The molecule has 0 amide bonds. The van der Waals surface area contributed by atoms with Gasteiger partial charge in [0.1, 0.15) is 23.2 Å². The molecule has 2 aromatic heterocycles. The van der Waals surface area contributed by atoms with Crippen LogP contribution in [0, 0.1) is 5.82 Å². The molecule has 0 bridgehead atoms. The van der Waals surface area contributed by atoms with Gasteiger partial charge in [0.2, 0.25) is 0 Å². The first-order valence-electron chi connectivity index (χ1n) is 9.66. The van der Waals surface area contributed by atoms with Gasteiger partial charge in [0.25, 0.3) is 5.56 Å². The van der Waals surface area contributed by atoms with Gasteiger partial charge < -0.3 is 4.42 Å². The van der Waals surface area contributed by atoms with Crippen LogP contribution in [0.5, 0.6) is 0 Å². The van der Waals surface area contributed by atoms with Gasteiger partial charge in [-0.1, -0.05) is 29.3 Å². The number of furan rings is 1. The summed E-state index contributed by atoms with van der Waals surface area (Å²) in [6.07, 6.45) is 4.03. The van der Waals surface area contributed by atoms with Crippen molar-refractivity contribution in [2.45, 2.75) is 26.2 Å². The highest BCUT2D eigenvalue weighted by Crippen LogP contribution is 2.22. The van der Waals surface area contributed by atoms with E-state index < -0.39 is 0 Å². The number of aryl methyl sites for hydroxylation is 1. The highest BCUT2D eigenvalue weighted by atomic mass is 79.9. The highest BCUT2D eigenvalue weighted by molar-refractivity contribution is 9.10. The normalized spacial score (nSPS) is 11.6. The number of aromatic nitrogens is 2. The Morgan fingerprint density at radius 3 is 2.73 bits per heavy atom. The quantitative estimate of drug-likeness (QED) is 0.337. The molecule has 5 nitrogen and oxygen atoms in total. The van der Waals surface area contributed by atoms with Gasteiger partial charge in [-0.25, -0.2) is 9.37 Å². The van der Waals surface area contributed by atoms with Crippen LogP contribution >= 0.6 is 15.9 Å². The first kappa shape index (κ1) is 20.2. The lowest BCUT2D eigenvalue weighted by Gasteiger charge is -2.08. The van der Waals surface area contributed by atoms with Crippen LogP contribution in [0.3, 0.4) is 0 Å². The van der Waals surface area contributed by atoms with Gasteiger partial charge in [0, 0.05) is 16.5 Å². The molecule has 0 aliphatic carbocycles. The fourth-order valence-corrected chi connectivity index (χ4v) is 3.48. The first-order valence-corrected chi connectivity index (χ1v) is 10.5. The molecule has 0 atom stereocenters. The van der Waals surface area contributed by atoms with Crippen LogP contribution in [-0.2, 0) is 6.42 Å². The van der Waals surface area contributed by atoms with Crippen LogP contribution in [0.1, 0.15) is 31.4 Å². The van der Waals surface area contributed by atoms with Gasteiger partial charge in [-0.3, -0.25) is 4.79 Å². The first-order chi connectivity index (χ1) is 14.5. The van der Waals surface area contributed by atoms with E-state index in [1.807, 2.05) is 12.1 Å². The summed E-state index contributed by atoms with van der Waals surface area (Å²) in [7, 11) is 0. The van der Waals surface area contributed by atoms with Crippen LogP contribution in [0.25, 0.3) is 22.2 Å². The van der Waals surface area contributed by atoms with Gasteiger partial charge in [0.05, 0.1) is 17.1 Å². The third kappa shape index (κ3) is 4.26. The Bertz CT molecular complexity index is 1280. The molecule has 0 aliphatic heterocycles. The van der Waals surface area contributed by atoms with E-state index in [0.717, 1.165) is 22.9 Å². The van der Waals surface area contributed by atoms with Crippen LogP contribution < -0.4 is 5.56 Å². The number of benzene rings is 2. The van der Waals surface area contributed by atoms with Crippen molar-refractivity contribution in [2.75, 3.05) is 0 Å². The number of fused-ring (bicyclic) bond motifs is 1. The molecule has 2 heterocycles. The summed E-state index contributed by atoms with van der Waals surface area (Å²) in [5.41, 5.74) is 1.18. The number of nitrogens with zero attached hydrogens (tertiary/aromatic N) is 3. The van der Waals surface area contributed by atoms with E-state index in [1.54, 1.807) is 30.3 Å². The van der Waals surface area contributed by atoms with Crippen molar-refractivity contribution >= 4 is 33.0 Å². The predicted octanol–water partition coefficient (Wildman–Crippen LogP) is 5.78. The molecule has 4 aromatic rings. The van der Waals surface area contributed by atoms with Crippen molar-refractivity contribution < 1.29 is 8.81 Å². The third-order valence-electron chi connectivity index (χ3n) is 4.69. The SMILES string of the molecule is CCCCc1nc2ccc(Br)cc2c(=O)n1N=Cc1ccc(-c2ccc(F)cc2)o1. The molecule has 0 radical (unpaired) electrons. The fraction of sp³-hybridized carbons (Fsp3) is 0.174. The summed E-state index contributed by atoms with van der Waals surface area (Å²) in [5.74, 6) is 1.38. The average molecular weight is 468 g/mol. The molecule has 7 heteroatoms. The Hall–Kier alpha value is -3.06. The van der Waals surface area contributed by atoms with Crippen molar-refractivity contribution in [3.63, 3.8) is 0 Å². The minimum Gasteiger partial charge on any atom is -0.455 e. The summed E-state index contributed by atoms with van der Waals surface area (Å²) >= 11 is 3.40. The zero-order chi connectivity index (χ0) is 21.1. The maximum Gasteiger partial charge on any atom is 0.282 e. The molecule has 152 valence electrons. The number of hydrogen-bond donors (Lipinski definition) is 0. The lowest BCUT2D eigenvalue weighted by molar-refractivity contribution is 0.572. The summed E-state index contributed by atoms with van der Waals surface area (Å²) in [6, 6.07) is 15.0. The van der Waals surface area contributed by atoms with E-state index in [0.29, 0.717) is 34.7 Å². The van der Waals surface area contributed by atoms with Crippen LogP contribution in [-0.4, -0.2) is 15.9 Å². The van der Waals surface area contributed by atoms with E-state index >= 15 is 0 Å². The lowest BCUT2D eigenvalue weighted by atomic mass is 10.2. The Balaban J connectivity index is 1.71. The second-order valence-corrected chi connectivity index (χ2v) is 7.78. The molecule has 30 heavy (non-hydrogen) atoms. The maximum absolute atomic E-state index is 13.1. The van der Waals surface area contributed by atoms with Gasteiger partial charge in [0.15, 0.2) is 0 Å². The molecule has 0 saturated heterocycles. The number of rotatable bonds is 6. The van der Waals surface area contributed by atoms with E-state index in [9.17, 15) is 9.18 Å². The predicted molar refractivity (Wildman–Crippen MR) is 119 cm³/mol. The van der Waals surface area contributed by atoms with E-state index in [2.05, 4.69) is 32.9 Å². The highest BCUT2D eigenvalue weighted by Gasteiger charge is 2.11. The van der Waals surface area contributed by atoms with Gasteiger partial charge >= 0.3 is 0 Å². The Labute approximate surface area is 181 Å². The number of hydrogen-bond acceptors (Lipinski definition) is 4. The lowest BCUT2D eigenvalue weighted by Crippen LogP contribution is -2.22. The second-order valence-electron chi connectivity index (χ2n) is 6.86. The molecule has 0 N–H and O–H groups in total. The monoisotopic (exact) mass is 467 g/mol. The van der Waals surface area contributed by atoms with Crippen molar-refractivity contribution in [2.24, 2.45) is 5.10 Å². The Morgan fingerprint density at radius 2 is 1.97 bits per heavy atom.